The van der Waals surface area contributed by atoms with E-state index in [1.807, 2.05) is 26.1 Å². The van der Waals surface area contributed by atoms with Crippen LogP contribution in [0, 0.1) is 20.8 Å². The second kappa shape index (κ2) is 4.90. The second-order valence-corrected chi connectivity index (χ2v) is 6.23. The highest BCUT2D eigenvalue weighted by atomic mass is 15.4. The summed E-state index contributed by atoms with van der Waals surface area (Å²) >= 11 is 0. The van der Waals surface area contributed by atoms with Crippen molar-refractivity contribution in [3.63, 3.8) is 0 Å². The number of hydrogen-bond donors (Lipinski definition) is 0. The van der Waals surface area contributed by atoms with Crippen molar-refractivity contribution >= 4 is 11.6 Å². The molecule has 0 aliphatic carbocycles. The molecule has 3 fully saturated rings. The molecular formula is C16H20N6. The van der Waals surface area contributed by atoms with Crippen molar-refractivity contribution in [2.24, 2.45) is 0 Å². The van der Waals surface area contributed by atoms with Crippen LogP contribution in [0.2, 0.25) is 0 Å². The van der Waals surface area contributed by atoms with Crippen LogP contribution >= 0.6 is 0 Å². The van der Waals surface area contributed by atoms with E-state index in [-0.39, 0.29) is 0 Å². The third kappa shape index (κ3) is 2.01. The van der Waals surface area contributed by atoms with Crippen molar-refractivity contribution in [1.29, 1.82) is 0 Å². The maximum atomic E-state index is 4.55. The van der Waals surface area contributed by atoms with Gasteiger partial charge in [0.15, 0.2) is 0 Å². The predicted molar refractivity (Wildman–Crippen MR) is 85.2 cm³/mol. The number of hydrogen-bond acceptors (Lipinski definition) is 6. The van der Waals surface area contributed by atoms with Gasteiger partial charge in [0.1, 0.15) is 23.8 Å². The lowest BCUT2D eigenvalue weighted by Gasteiger charge is -2.57. The smallest absolute Gasteiger partial charge is 0.135 e. The Labute approximate surface area is 130 Å². The Hall–Kier alpha value is -2.24. The molecule has 2 bridgehead atoms. The quantitative estimate of drug-likeness (QED) is 0.840. The molecule has 3 aliphatic heterocycles. The molecule has 22 heavy (non-hydrogen) atoms. The fourth-order valence-electron chi connectivity index (χ4n) is 3.55. The standard InChI is InChI=1S/C16H20N6/c1-10-11(2)18-9-19-16(10)22-13-6-14(22)8-21(7-13)15-4-5-17-12(3)20-15/h4-5,9,13-14H,6-8H2,1-3H3. The fourth-order valence-corrected chi connectivity index (χ4v) is 3.55. The summed E-state index contributed by atoms with van der Waals surface area (Å²) in [6.45, 7) is 8.09. The molecule has 6 heteroatoms. The van der Waals surface area contributed by atoms with Crippen LogP contribution in [0.15, 0.2) is 18.6 Å². The summed E-state index contributed by atoms with van der Waals surface area (Å²) < 4.78 is 0. The van der Waals surface area contributed by atoms with E-state index in [0.29, 0.717) is 12.1 Å². The van der Waals surface area contributed by atoms with Gasteiger partial charge < -0.3 is 9.80 Å². The normalized spacial score (nSPS) is 23.4. The van der Waals surface area contributed by atoms with Gasteiger partial charge in [0.2, 0.25) is 0 Å². The molecule has 0 aromatic carbocycles. The molecule has 5 heterocycles. The Morgan fingerprint density at radius 3 is 2.55 bits per heavy atom. The number of nitrogens with zero attached hydrogens (tertiary/aromatic N) is 6. The second-order valence-electron chi connectivity index (χ2n) is 6.23. The van der Waals surface area contributed by atoms with E-state index in [2.05, 4.69) is 36.7 Å². The SMILES string of the molecule is Cc1nccc(N2CC3CC(C2)N3c2ncnc(C)c2C)n1. The molecule has 0 saturated carbocycles. The molecule has 0 spiro atoms. The molecule has 5 rings (SSSR count). The minimum Gasteiger partial charge on any atom is -0.352 e. The van der Waals surface area contributed by atoms with E-state index in [1.54, 1.807) is 6.33 Å². The highest BCUT2D eigenvalue weighted by Crippen LogP contribution is 2.38. The van der Waals surface area contributed by atoms with Crippen LogP contribution in [0.4, 0.5) is 11.6 Å². The molecule has 6 nitrogen and oxygen atoms in total. The highest BCUT2D eigenvalue weighted by molar-refractivity contribution is 5.56. The fraction of sp³-hybridized carbons (Fsp3) is 0.500. The van der Waals surface area contributed by atoms with Gasteiger partial charge in [0, 0.05) is 30.5 Å². The van der Waals surface area contributed by atoms with E-state index in [9.17, 15) is 0 Å². The molecule has 0 radical (unpaired) electrons. The zero-order chi connectivity index (χ0) is 15.3. The van der Waals surface area contributed by atoms with E-state index >= 15 is 0 Å². The van der Waals surface area contributed by atoms with Crippen molar-refractivity contribution in [3.05, 3.63) is 35.7 Å². The van der Waals surface area contributed by atoms with Crippen LogP contribution in [-0.2, 0) is 0 Å². The third-order valence-electron chi connectivity index (χ3n) is 4.83. The van der Waals surface area contributed by atoms with E-state index in [0.717, 1.165) is 36.2 Å². The first-order valence-corrected chi connectivity index (χ1v) is 7.74. The number of piperidine rings is 1. The van der Waals surface area contributed by atoms with Gasteiger partial charge in [-0.25, -0.2) is 19.9 Å². The first-order valence-electron chi connectivity index (χ1n) is 7.74. The van der Waals surface area contributed by atoms with Crippen molar-refractivity contribution in [1.82, 2.24) is 19.9 Å². The molecule has 0 N–H and O–H groups in total. The van der Waals surface area contributed by atoms with Crippen LogP contribution in [0.25, 0.3) is 0 Å². The molecular weight excluding hydrogens is 276 g/mol. The van der Waals surface area contributed by atoms with Crippen LogP contribution in [-0.4, -0.2) is 45.1 Å². The molecule has 114 valence electrons. The Morgan fingerprint density at radius 1 is 1.05 bits per heavy atom. The van der Waals surface area contributed by atoms with E-state index < -0.39 is 0 Å². The Balaban J connectivity index is 1.57. The van der Waals surface area contributed by atoms with Crippen LogP contribution < -0.4 is 9.80 Å². The van der Waals surface area contributed by atoms with Gasteiger partial charge in [0.05, 0.1) is 12.1 Å². The summed E-state index contributed by atoms with van der Waals surface area (Å²) in [7, 11) is 0. The summed E-state index contributed by atoms with van der Waals surface area (Å²) in [4.78, 5) is 22.4. The molecule has 3 saturated heterocycles. The Morgan fingerprint density at radius 2 is 1.82 bits per heavy atom. The number of aromatic nitrogens is 4. The molecule has 3 aliphatic rings. The van der Waals surface area contributed by atoms with Gasteiger partial charge in [-0.2, -0.15) is 0 Å². The van der Waals surface area contributed by atoms with E-state index in [1.165, 1.54) is 12.0 Å². The maximum Gasteiger partial charge on any atom is 0.135 e. The average Bonchev–Trinajstić information content (AvgIpc) is 2.52. The summed E-state index contributed by atoms with van der Waals surface area (Å²) in [5.74, 6) is 2.97. The number of piperazine rings is 1. The molecule has 2 aromatic heterocycles. The van der Waals surface area contributed by atoms with Gasteiger partial charge in [-0.1, -0.05) is 0 Å². The summed E-state index contributed by atoms with van der Waals surface area (Å²) in [5.41, 5.74) is 2.27. The van der Waals surface area contributed by atoms with Gasteiger partial charge in [0.25, 0.3) is 0 Å². The third-order valence-corrected chi connectivity index (χ3v) is 4.83. The molecule has 2 unspecified atom stereocenters. The largest absolute Gasteiger partial charge is 0.352 e. The lowest BCUT2D eigenvalue weighted by molar-refractivity contribution is 0.287. The van der Waals surface area contributed by atoms with Crippen molar-refractivity contribution in [2.45, 2.75) is 39.3 Å². The maximum absolute atomic E-state index is 4.55. The first-order chi connectivity index (χ1) is 10.6. The topological polar surface area (TPSA) is 58.0 Å². The number of rotatable bonds is 2. The highest BCUT2D eigenvalue weighted by Gasteiger charge is 2.46. The van der Waals surface area contributed by atoms with Crippen LogP contribution in [0.5, 0.6) is 0 Å². The van der Waals surface area contributed by atoms with Crippen molar-refractivity contribution < 1.29 is 0 Å². The Bertz CT molecular complexity index is 704. The Kier molecular flexibility index (Phi) is 2.99. The molecule has 2 aromatic rings. The predicted octanol–water partition coefficient (Wildman–Crippen LogP) is 1.66. The van der Waals surface area contributed by atoms with Crippen LogP contribution in [0.1, 0.15) is 23.5 Å². The first kappa shape index (κ1) is 13.4. The van der Waals surface area contributed by atoms with Gasteiger partial charge in [-0.15, -0.1) is 0 Å². The van der Waals surface area contributed by atoms with Gasteiger partial charge >= 0.3 is 0 Å². The summed E-state index contributed by atoms with van der Waals surface area (Å²) in [5, 5.41) is 0. The lowest BCUT2D eigenvalue weighted by atomic mass is 9.87. The minimum absolute atomic E-state index is 0.516. The minimum atomic E-state index is 0.516. The van der Waals surface area contributed by atoms with Gasteiger partial charge in [-0.05, 0) is 33.3 Å². The van der Waals surface area contributed by atoms with Gasteiger partial charge in [-0.3, -0.25) is 0 Å². The van der Waals surface area contributed by atoms with Crippen molar-refractivity contribution in [2.75, 3.05) is 22.9 Å². The lowest BCUT2D eigenvalue weighted by Crippen LogP contribution is -2.69. The van der Waals surface area contributed by atoms with E-state index in [4.69, 9.17) is 0 Å². The number of anilines is 2. The zero-order valence-corrected chi connectivity index (χ0v) is 13.2. The molecule has 0 amide bonds. The molecule has 2 atom stereocenters. The number of fused-ring (bicyclic) bond motifs is 2. The number of aryl methyl sites for hydroxylation is 2. The van der Waals surface area contributed by atoms with Crippen LogP contribution in [0.3, 0.4) is 0 Å². The summed E-state index contributed by atoms with van der Waals surface area (Å²) in [6, 6.07) is 3.03. The van der Waals surface area contributed by atoms with Crippen molar-refractivity contribution in [3.8, 4) is 0 Å². The zero-order valence-electron chi connectivity index (χ0n) is 13.2. The summed E-state index contributed by atoms with van der Waals surface area (Å²) in [6.07, 6.45) is 4.76. The monoisotopic (exact) mass is 296 g/mol. The average molecular weight is 296 g/mol.